The topological polar surface area (TPSA) is 75.7 Å². The van der Waals surface area contributed by atoms with Gasteiger partial charge in [0.2, 0.25) is 10.0 Å². The van der Waals surface area contributed by atoms with Crippen LogP contribution in [0.4, 0.5) is 0 Å². The molecular formula is C22H29ClN2O4S. The highest BCUT2D eigenvalue weighted by Gasteiger charge is 2.22. The Kier molecular flexibility index (Phi) is 9.14. The lowest BCUT2D eigenvalue weighted by atomic mass is 10.1. The van der Waals surface area contributed by atoms with Gasteiger partial charge in [-0.2, -0.15) is 4.31 Å². The number of hydrogen-bond donors (Lipinski definition) is 1. The third kappa shape index (κ3) is 6.45. The molecule has 0 bridgehead atoms. The van der Waals surface area contributed by atoms with Gasteiger partial charge in [0.05, 0.1) is 11.5 Å². The fourth-order valence-electron chi connectivity index (χ4n) is 2.93. The highest BCUT2D eigenvalue weighted by molar-refractivity contribution is 7.89. The quantitative estimate of drug-likeness (QED) is 0.510. The van der Waals surface area contributed by atoms with Gasteiger partial charge in [0.25, 0.3) is 5.91 Å². The van der Waals surface area contributed by atoms with Crippen LogP contribution in [0.25, 0.3) is 0 Å². The van der Waals surface area contributed by atoms with Gasteiger partial charge in [-0.3, -0.25) is 4.79 Å². The number of amides is 1. The monoisotopic (exact) mass is 452 g/mol. The van der Waals surface area contributed by atoms with E-state index in [1.165, 1.54) is 35.6 Å². The standard InChI is InChI=1S/C22H29ClN2O4S/c1-4-6-7-14-24-22(26)17-8-13-21(29-5-2)18(15-17)16-25(3)30(27,28)20-11-9-19(23)10-12-20/h8-13,15H,4-7,14,16H2,1-3H3,(H,24,26). The SMILES string of the molecule is CCCCCNC(=O)c1ccc(OCC)c(CN(C)S(=O)(=O)c2ccc(Cl)cc2)c1. The molecule has 0 aliphatic rings. The minimum absolute atomic E-state index is 0.0667. The highest BCUT2D eigenvalue weighted by Crippen LogP contribution is 2.25. The molecule has 0 spiro atoms. The van der Waals surface area contributed by atoms with E-state index in [1.807, 2.05) is 6.92 Å². The Hall–Kier alpha value is -2.09. The third-order valence-electron chi connectivity index (χ3n) is 4.60. The Morgan fingerprint density at radius 1 is 1.10 bits per heavy atom. The molecule has 2 aromatic carbocycles. The number of carbonyl (C=O) groups excluding carboxylic acids is 1. The van der Waals surface area contributed by atoms with E-state index in [1.54, 1.807) is 18.2 Å². The second-order valence-corrected chi connectivity index (χ2v) is 9.41. The van der Waals surface area contributed by atoms with Gasteiger partial charge < -0.3 is 10.1 Å². The maximum Gasteiger partial charge on any atom is 0.251 e. The van der Waals surface area contributed by atoms with E-state index in [0.29, 0.717) is 35.1 Å². The van der Waals surface area contributed by atoms with Gasteiger partial charge in [-0.05, 0) is 55.8 Å². The van der Waals surface area contributed by atoms with Crippen LogP contribution < -0.4 is 10.1 Å². The minimum atomic E-state index is -3.72. The van der Waals surface area contributed by atoms with Crippen LogP contribution >= 0.6 is 11.6 Å². The van der Waals surface area contributed by atoms with Gasteiger partial charge in [0.15, 0.2) is 0 Å². The van der Waals surface area contributed by atoms with Crippen molar-refractivity contribution in [2.24, 2.45) is 0 Å². The van der Waals surface area contributed by atoms with E-state index in [2.05, 4.69) is 12.2 Å². The first-order valence-corrected chi connectivity index (χ1v) is 11.9. The zero-order chi connectivity index (χ0) is 22.1. The lowest BCUT2D eigenvalue weighted by molar-refractivity contribution is 0.0953. The van der Waals surface area contributed by atoms with Crippen molar-refractivity contribution in [3.05, 3.63) is 58.6 Å². The normalized spacial score (nSPS) is 11.5. The molecule has 30 heavy (non-hydrogen) atoms. The number of hydrogen-bond acceptors (Lipinski definition) is 4. The molecule has 0 radical (unpaired) electrons. The summed E-state index contributed by atoms with van der Waals surface area (Å²) >= 11 is 5.86. The predicted molar refractivity (Wildman–Crippen MR) is 120 cm³/mol. The molecule has 1 N–H and O–H groups in total. The lowest BCUT2D eigenvalue weighted by Gasteiger charge is -2.20. The van der Waals surface area contributed by atoms with Crippen LogP contribution in [0.2, 0.25) is 5.02 Å². The second kappa shape index (κ2) is 11.3. The number of ether oxygens (including phenoxy) is 1. The van der Waals surface area contributed by atoms with Gasteiger partial charge in [0, 0.05) is 36.3 Å². The Bertz CT molecular complexity index is 946. The van der Waals surface area contributed by atoms with Crippen molar-refractivity contribution >= 4 is 27.5 Å². The summed E-state index contributed by atoms with van der Waals surface area (Å²) in [7, 11) is -2.22. The summed E-state index contributed by atoms with van der Waals surface area (Å²) in [6, 6.07) is 11.1. The van der Waals surface area contributed by atoms with Gasteiger partial charge in [0.1, 0.15) is 5.75 Å². The summed E-state index contributed by atoms with van der Waals surface area (Å²) in [5, 5.41) is 3.37. The van der Waals surface area contributed by atoms with Gasteiger partial charge in [-0.1, -0.05) is 31.4 Å². The largest absolute Gasteiger partial charge is 0.494 e. The number of benzene rings is 2. The van der Waals surface area contributed by atoms with Crippen LogP contribution in [0.15, 0.2) is 47.4 Å². The molecule has 0 aliphatic carbocycles. The van der Waals surface area contributed by atoms with Crippen LogP contribution in [0.3, 0.4) is 0 Å². The molecule has 0 aromatic heterocycles. The number of nitrogens with zero attached hydrogens (tertiary/aromatic N) is 1. The molecule has 0 saturated heterocycles. The molecule has 2 rings (SSSR count). The first-order chi connectivity index (χ1) is 14.3. The fourth-order valence-corrected chi connectivity index (χ4v) is 4.21. The highest BCUT2D eigenvalue weighted by atomic mass is 35.5. The molecule has 2 aromatic rings. The molecule has 0 unspecified atom stereocenters. The average Bonchev–Trinajstić information content (AvgIpc) is 2.72. The third-order valence-corrected chi connectivity index (χ3v) is 6.67. The van der Waals surface area contributed by atoms with Gasteiger partial charge >= 0.3 is 0 Å². The zero-order valence-corrected chi connectivity index (χ0v) is 19.2. The molecular weight excluding hydrogens is 424 g/mol. The van der Waals surface area contributed by atoms with E-state index in [0.717, 1.165) is 19.3 Å². The predicted octanol–water partition coefficient (Wildman–Crippen LogP) is 4.48. The second-order valence-electron chi connectivity index (χ2n) is 6.93. The van der Waals surface area contributed by atoms with Crippen molar-refractivity contribution in [1.29, 1.82) is 0 Å². The summed E-state index contributed by atoms with van der Waals surface area (Å²) in [6.07, 6.45) is 3.06. The van der Waals surface area contributed by atoms with Gasteiger partial charge in [-0.15, -0.1) is 0 Å². The number of nitrogens with one attached hydrogen (secondary N) is 1. The molecule has 6 nitrogen and oxygen atoms in total. The summed E-state index contributed by atoms with van der Waals surface area (Å²) < 4.78 is 32.7. The number of sulfonamides is 1. The van der Waals surface area contributed by atoms with E-state index in [-0.39, 0.29) is 17.3 Å². The smallest absolute Gasteiger partial charge is 0.251 e. The summed E-state index contributed by atoms with van der Waals surface area (Å²) in [6.45, 7) is 5.07. The van der Waals surface area contributed by atoms with Crippen molar-refractivity contribution in [2.75, 3.05) is 20.2 Å². The molecule has 1 amide bonds. The summed E-state index contributed by atoms with van der Waals surface area (Å²) in [5.74, 6) is 0.372. The maximum absolute atomic E-state index is 12.9. The average molecular weight is 453 g/mol. The molecule has 0 atom stereocenters. The van der Waals surface area contributed by atoms with Crippen LogP contribution in [0.1, 0.15) is 49.0 Å². The van der Waals surface area contributed by atoms with Crippen LogP contribution in [0, 0.1) is 0 Å². The lowest BCUT2D eigenvalue weighted by Crippen LogP contribution is -2.27. The summed E-state index contributed by atoms with van der Waals surface area (Å²) in [4.78, 5) is 12.6. The zero-order valence-electron chi connectivity index (χ0n) is 17.7. The Morgan fingerprint density at radius 3 is 2.43 bits per heavy atom. The maximum atomic E-state index is 12.9. The fraction of sp³-hybridized carbons (Fsp3) is 0.409. The molecule has 164 valence electrons. The van der Waals surface area contributed by atoms with Crippen molar-refractivity contribution in [3.63, 3.8) is 0 Å². The van der Waals surface area contributed by atoms with Crippen molar-refractivity contribution in [1.82, 2.24) is 9.62 Å². The minimum Gasteiger partial charge on any atom is -0.494 e. The number of carbonyl (C=O) groups is 1. The van der Waals surface area contributed by atoms with Gasteiger partial charge in [-0.25, -0.2) is 8.42 Å². The van der Waals surface area contributed by atoms with E-state index < -0.39 is 10.0 Å². The first kappa shape index (κ1) is 24.2. The van der Waals surface area contributed by atoms with Crippen LogP contribution in [0.5, 0.6) is 5.75 Å². The Balaban J connectivity index is 2.23. The van der Waals surface area contributed by atoms with Crippen LogP contribution in [-0.2, 0) is 16.6 Å². The molecule has 0 saturated carbocycles. The van der Waals surface area contributed by atoms with E-state index in [9.17, 15) is 13.2 Å². The molecule has 0 fully saturated rings. The number of rotatable bonds is 11. The van der Waals surface area contributed by atoms with E-state index >= 15 is 0 Å². The summed E-state index contributed by atoms with van der Waals surface area (Å²) in [5.41, 5.74) is 1.10. The molecule has 0 heterocycles. The Labute approximate surface area is 184 Å². The van der Waals surface area contributed by atoms with Crippen LogP contribution in [-0.4, -0.2) is 38.8 Å². The number of halogens is 1. The van der Waals surface area contributed by atoms with Crippen molar-refractivity contribution in [3.8, 4) is 5.75 Å². The molecule has 8 heteroatoms. The molecule has 0 aliphatic heterocycles. The van der Waals surface area contributed by atoms with E-state index in [4.69, 9.17) is 16.3 Å². The van der Waals surface area contributed by atoms with Crippen molar-refractivity contribution < 1.29 is 17.9 Å². The van der Waals surface area contributed by atoms with Crippen molar-refractivity contribution in [2.45, 2.75) is 44.6 Å². The first-order valence-electron chi connectivity index (χ1n) is 10.1. The number of unbranched alkanes of at least 4 members (excludes halogenated alkanes) is 2. The Morgan fingerprint density at radius 2 is 1.80 bits per heavy atom.